The SMILES string of the molecule is COC(=O)C1=C(C)N=c2s/c(=C\c3ccc(-c4cccc([N+](=O)[O-])c4)o3)c(=O)n2[C@@H]1c1ccc(Cl)cc1. The van der Waals surface area contributed by atoms with Gasteiger partial charge in [-0.1, -0.05) is 47.2 Å². The van der Waals surface area contributed by atoms with E-state index in [0.717, 1.165) is 11.3 Å². The van der Waals surface area contributed by atoms with Crippen molar-refractivity contribution in [2.45, 2.75) is 13.0 Å². The van der Waals surface area contributed by atoms with Crippen LogP contribution in [-0.2, 0) is 9.53 Å². The van der Waals surface area contributed by atoms with Crippen LogP contribution in [0.25, 0.3) is 17.4 Å². The summed E-state index contributed by atoms with van der Waals surface area (Å²) >= 11 is 7.23. The van der Waals surface area contributed by atoms with Gasteiger partial charge in [0.05, 0.1) is 33.9 Å². The third-order valence-corrected chi connectivity index (χ3v) is 7.09. The molecule has 37 heavy (non-hydrogen) atoms. The molecular weight excluding hydrogens is 518 g/mol. The van der Waals surface area contributed by atoms with Gasteiger partial charge < -0.3 is 9.15 Å². The maximum Gasteiger partial charge on any atom is 0.338 e. The van der Waals surface area contributed by atoms with E-state index in [4.69, 9.17) is 20.8 Å². The monoisotopic (exact) mass is 535 g/mol. The fourth-order valence-electron chi connectivity index (χ4n) is 4.14. The number of thiazole rings is 1. The molecule has 0 saturated heterocycles. The molecule has 0 amide bonds. The van der Waals surface area contributed by atoms with Gasteiger partial charge in [-0.25, -0.2) is 9.79 Å². The second kappa shape index (κ2) is 9.64. The highest BCUT2D eigenvalue weighted by molar-refractivity contribution is 7.07. The molecule has 2 aromatic carbocycles. The second-order valence-corrected chi connectivity index (χ2v) is 9.58. The Labute approximate surface area is 218 Å². The standard InChI is InChI=1S/C26H18ClN3O6S/c1-14-22(25(32)35-2)23(15-6-8-17(27)9-7-15)29-24(31)21(37-26(29)28-14)13-19-10-11-20(36-19)16-4-3-5-18(12-16)30(33)34/h3-13,23H,1-2H3/b21-13-/t23-/m1/s1. The highest BCUT2D eigenvalue weighted by Crippen LogP contribution is 2.31. The minimum atomic E-state index is -0.750. The summed E-state index contributed by atoms with van der Waals surface area (Å²) in [6.45, 7) is 1.70. The van der Waals surface area contributed by atoms with Crippen molar-refractivity contribution in [1.82, 2.24) is 4.57 Å². The van der Waals surface area contributed by atoms with Gasteiger partial charge in [0, 0.05) is 28.8 Å². The number of nitro benzene ring substituents is 1. The molecule has 0 radical (unpaired) electrons. The summed E-state index contributed by atoms with van der Waals surface area (Å²) in [4.78, 5) is 41.9. The number of carbonyl (C=O) groups is 1. The molecule has 0 N–H and O–H groups in total. The van der Waals surface area contributed by atoms with Crippen LogP contribution in [0.3, 0.4) is 0 Å². The molecular formula is C26H18ClN3O6S. The highest BCUT2D eigenvalue weighted by Gasteiger charge is 2.33. The Hall–Kier alpha value is -4.28. The molecule has 2 aromatic heterocycles. The molecule has 5 rings (SSSR count). The fraction of sp³-hybridized carbons (Fsp3) is 0.115. The molecule has 1 aliphatic heterocycles. The lowest BCUT2D eigenvalue weighted by atomic mass is 9.96. The van der Waals surface area contributed by atoms with E-state index < -0.39 is 16.9 Å². The summed E-state index contributed by atoms with van der Waals surface area (Å²) in [5.74, 6) is 0.229. The van der Waals surface area contributed by atoms with E-state index in [-0.39, 0.29) is 16.8 Å². The number of ether oxygens (including phenoxy) is 1. The van der Waals surface area contributed by atoms with Crippen LogP contribution < -0.4 is 14.9 Å². The molecule has 186 valence electrons. The minimum absolute atomic E-state index is 0.0530. The van der Waals surface area contributed by atoms with Gasteiger partial charge in [0.2, 0.25) is 0 Å². The van der Waals surface area contributed by atoms with Crippen LogP contribution in [-0.4, -0.2) is 22.6 Å². The van der Waals surface area contributed by atoms with Gasteiger partial charge in [-0.15, -0.1) is 0 Å². The van der Waals surface area contributed by atoms with Crippen molar-refractivity contribution in [2.24, 2.45) is 4.99 Å². The molecule has 0 spiro atoms. The third kappa shape index (κ3) is 4.52. The number of benzene rings is 2. The molecule has 0 aliphatic carbocycles. The van der Waals surface area contributed by atoms with Gasteiger partial charge in [-0.2, -0.15) is 0 Å². The van der Waals surface area contributed by atoms with Gasteiger partial charge in [-0.05, 0) is 36.8 Å². The zero-order valence-corrected chi connectivity index (χ0v) is 21.1. The van der Waals surface area contributed by atoms with E-state index in [1.54, 1.807) is 61.5 Å². The van der Waals surface area contributed by atoms with Crippen molar-refractivity contribution in [1.29, 1.82) is 0 Å². The maximum atomic E-state index is 13.6. The number of halogens is 1. The number of allylic oxidation sites excluding steroid dienone is 1. The van der Waals surface area contributed by atoms with Crippen molar-refractivity contribution in [3.8, 4) is 11.3 Å². The maximum absolute atomic E-state index is 13.6. The van der Waals surface area contributed by atoms with Crippen molar-refractivity contribution < 1.29 is 18.9 Å². The molecule has 0 bridgehead atoms. The Kier molecular flexibility index (Phi) is 6.36. The van der Waals surface area contributed by atoms with Crippen LogP contribution >= 0.6 is 22.9 Å². The molecule has 0 unspecified atom stereocenters. The number of carbonyl (C=O) groups excluding carboxylic acids is 1. The van der Waals surface area contributed by atoms with Gasteiger partial charge >= 0.3 is 5.97 Å². The molecule has 9 nitrogen and oxygen atoms in total. The molecule has 4 aromatic rings. The number of esters is 1. The fourth-order valence-corrected chi connectivity index (χ4v) is 5.29. The summed E-state index contributed by atoms with van der Waals surface area (Å²) in [5.41, 5.74) is 1.52. The first kappa shape index (κ1) is 24.4. The van der Waals surface area contributed by atoms with Crippen LogP contribution in [0.1, 0.15) is 24.3 Å². The van der Waals surface area contributed by atoms with E-state index in [1.807, 2.05) is 0 Å². The minimum Gasteiger partial charge on any atom is -0.466 e. The van der Waals surface area contributed by atoms with Crippen molar-refractivity contribution in [2.75, 3.05) is 7.11 Å². The molecule has 11 heteroatoms. The lowest BCUT2D eigenvalue weighted by Crippen LogP contribution is -2.39. The predicted molar refractivity (Wildman–Crippen MR) is 138 cm³/mol. The lowest BCUT2D eigenvalue weighted by molar-refractivity contribution is -0.384. The summed E-state index contributed by atoms with van der Waals surface area (Å²) in [5, 5.41) is 11.6. The van der Waals surface area contributed by atoms with Crippen LogP contribution in [0, 0.1) is 10.1 Å². The van der Waals surface area contributed by atoms with E-state index in [9.17, 15) is 19.7 Å². The number of hydrogen-bond donors (Lipinski definition) is 0. The topological polar surface area (TPSA) is 117 Å². The number of hydrogen-bond acceptors (Lipinski definition) is 8. The van der Waals surface area contributed by atoms with E-state index in [1.165, 1.54) is 23.8 Å². The number of methoxy groups -OCH3 is 1. The van der Waals surface area contributed by atoms with E-state index in [2.05, 4.69) is 4.99 Å². The van der Waals surface area contributed by atoms with Crippen LogP contribution in [0.4, 0.5) is 5.69 Å². The summed E-state index contributed by atoms with van der Waals surface area (Å²) in [7, 11) is 1.28. The zero-order valence-electron chi connectivity index (χ0n) is 19.5. The number of nitrogens with zero attached hydrogens (tertiary/aromatic N) is 3. The number of rotatable bonds is 5. The Balaban J connectivity index is 1.62. The van der Waals surface area contributed by atoms with Crippen LogP contribution in [0.2, 0.25) is 5.02 Å². The first-order chi connectivity index (χ1) is 17.8. The van der Waals surface area contributed by atoms with Gasteiger partial charge in [-0.3, -0.25) is 19.5 Å². The molecule has 1 atom stereocenters. The van der Waals surface area contributed by atoms with Gasteiger partial charge in [0.15, 0.2) is 4.80 Å². The number of aromatic nitrogens is 1. The van der Waals surface area contributed by atoms with Gasteiger partial charge in [0.25, 0.3) is 11.2 Å². The van der Waals surface area contributed by atoms with Gasteiger partial charge in [0.1, 0.15) is 11.5 Å². The Bertz CT molecular complexity index is 1760. The number of fused-ring (bicyclic) bond motifs is 1. The van der Waals surface area contributed by atoms with Crippen LogP contribution in [0.5, 0.6) is 0 Å². The van der Waals surface area contributed by atoms with Crippen LogP contribution in [0.15, 0.2) is 86.1 Å². The first-order valence-corrected chi connectivity index (χ1v) is 12.2. The molecule has 3 heterocycles. The zero-order chi connectivity index (χ0) is 26.3. The second-order valence-electron chi connectivity index (χ2n) is 8.13. The number of non-ortho nitro benzene ring substituents is 1. The largest absolute Gasteiger partial charge is 0.466 e. The Morgan fingerprint density at radius 1 is 1.22 bits per heavy atom. The number of nitro groups is 1. The molecule has 0 fully saturated rings. The summed E-state index contributed by atoms with van der Waals surface area (Å²) in [6.07, 6.45) is 1.58. The number of furan rings is 1. The summed E-state index contributed by atoms with van der Waals surface area (Å²) < 4.78 is 12.7. The lowest BCUT2D eigenvalue weighted by Gasteiger charge is -2.24. The highest BCUT2D eigenvalue weighted by atomic mass is 35.5. The predicted octanol–water partition coefficient (Wildman–Crippen LogP) is 4.23. The quantitative estimate of drug-likeness (QED) is 0.214. The first-order valence-electron chi connectivity index (χ1n) is 11.0. The Morgan fingerprint density at radius 3 is 2.68 bits per heavy atom. The van der Waals surface area contributed by atoms with Crippen molar-refractivity contribution in [3.63, 3.8) is 0 Å². The van der Waals surface area contributed by atoms with Crippen molar-refractivity contribution >= 4 is 40.7 Å². The van der Waals surface area contributed by atoms with E-state index >= 15 is 0 Å². The Morgan fingerprint density at radius 2 is 1.97 bits per heavy atom. The molecule has 1 aliphatic rings. The molecule has 0 saturated carbocycles. The van der Waals surface area contributed by atoms with E-state index in [0.29, 0.717) is 42.7 Å². The normalized spacial score (nSPS) is 15.3. The average Bonchev–Trinajstić information content (AvgIpc) is 3.48. The summed E-state index contributed by atoms with van der Waals surface area (Å²) in [6, 6.07) is 15.6. The smallest absolute Gasteiger partial charge is 0.338 e. The average molecular weight is 536 g/mol. The van der Waals surface area contributed by atoms with Crippen molar-refractivity contribution in [3.05, 3.63) is 118 Å². The third-order valence-electron chi connectivity index (χ3n) is 5.85.